The Morgan fingerprint density at radius 1 is 1.36 bits per heavy atom. The minimum atomic E-state index is -0.331. The monoisotopic (exact) mass is 317 g/mol. The van der Waals surface area contributed by atoms with Gasteiger partial charge in [-0.05, 0) is 42.9 Å². The van der Waals surface area contributed by atoms with Gasteiger partial charge in [0.2, 0.25) is 0 Å². The van der Waals surface area contributed by atoms with Crippen LogP contribution in [0.2, 0.25) is 0 Å². The third-order valence-electron chi connectivity index (χ3n) is 3.91. The molecule has 114 valence electrons. The molecule has 0 saturated carbocycles. The molecule has 6 heteroatoms. The Kier molecular flexibility index (Phi) is 4.38. The molecule has 2 aromatic rings. The molecule has 0 amide bonds. The first-order valence-corrected chi connectivity index (χ1v) is 8.19. The second-order valence-corrected chi connectivity index (χ2v) is 6.25. The van der Waals surface area contributed by atoms with Crippen molar-refractivity contribution in [3.8, 4) is 0 Å². The van der Waals surface area contributed by atoms with E-state index in [9.17, 15) is 9.18 Å². The zero-order valence-electron chi connectivity index (χ0n) is 12.0. The predicted octanol–water partition coefficient (Wildman–Crippen LogP) is 3.08. The van der Waals surface area contributed by atoms with Crippen molar-refractivity contribution in [2.24, 2.45) is 0 Å². The van der Waals surface area contributed by atoms with Crippen molar-refractivity contribution in [2.45, 2.75) is 36.5 Å². The van der Waals surface area contributed by atoms with Crippen LogP contribution in [0.5, 0.6) is 0 Å². The van der Waals surface area contributed by atoms with E-state index in [1.807, 2.05) is 0 Å². The molecule has 4 nitrogen and oxygen atoms in total. The van der Waals surface area contributed by atoms with Crippen LogP contribution in [0, 0.1) is 11.2 Å². The van der Waals surface area contributed by atoms with Crippen LogP contribution in [-0.4, -0.2) is 16.2 Å². The van der Waals surface area contributed by atoms with Gasteiger partial charge in [0.25, 0.3) is 5.56 Å². The third kappa shape index (κ3) is 2.83. The number of aromatic amines is 1. The lowest BCUT2D eigenvalue weighted by Gasteiger charge is -2.20. The SMILES string of the molecule is N=Cc1c2c(c(SCc3ccncc3F)[nH]c1=O)CCCC2. The molecule has 0 unspecified atom stereocenters. The number of rotatable bonds is 4. The van der Waals surface area contributed by atoms with Gasteiger partial charge < -0.3 is 10.4 Å². The summed E-state index contributed by atoms with van der Waals surface area (Å²) in [5, 5.41) is 8.26. The van der Waals surface area contributed by atoms with Crippen LogP contribution in [0.15, 0.2) is 28.3 Å². The van der Waals surface area contributed by atoms with Crippen molar-refractivity contribution < 1.29 is 4.39 Å². The maximum absolute atomic E-state index is 13.7. The predicted molar refractivity (Wildman–Crippen MR) is 85.3 cm³/mol. The van der Waals surface area contributed by atoms with Crippen LogP contribution in [-0.2, 0) is 18.6 Å². The number of pyridine rings is 2. The maximum Gasteiger partial charge on any atom is 0.257 e. The van der Waals surface area contributed by atoms with Crippen LogP contribution in [0.4, 0.5) is 4.39 Å². The summed E-state index contributed by atoms with van der Waals surface area (Å²) in [7, 11) is 0. The van der Waals surface area contributed by atoms with Gasteiger partial charge in [0.15, 0.2) is 0 Å². The lowest BCUT2D eigenvalue weighted by molar-refractivity contribution is 0.610. The highest BCUT2D eigenvalue weighted by Crippen LogP contribution is 2.31. The highest BCUT2D eigenvalue weighted by molar-refractivity contribution is 7.98. The molecule has 2 N–H and O–H groups in total. The smallest absolute Gasteiger partial charge is 0.257 e. The van der Waals surface area contributed by atoms with Crippen molar-refractivity contribution in [3.05, 3.63) is 56.9 Å². The standard InChI is InChI=1S/C16H16FN3OS/c17-14-8-19-6-5-10(14)9-22-16-12-4-2-1-3-11(12)13(7-18)15(21)20-16/h5-8,18H,1-4,9H2,(H,20,21). The van der Waals surface area contributed by atoms with E-state index in [0.29, 0.717) is 16.9 Å². The Morgan fingerprint density at radius 3 is 2.86 bits per heavy atom. The van der Waals surface area contributed by atoms with Gasteiger partial charge in [-0.1, -0.05) is 0 Å². The number of thioether (sulfide) groups is 1. The van der Waals surface area contributed by atoms with E-state index in [-0.39, 0.29) is 11.4 Å². The van der Waals surface area contributed by atoms with Crippen LogP contribution in [0.1, 0.15) is 35.1 Å². The molecule has 0 spiro atoms. The Labute approximate surface area is 131 Å². The van der Waals surface area contributed by atoms with Crippen LogP contribution < -0.4 is 5.56 Å². The first-order chi connectivity index (χ1) is 10.7. The molecular formula is C16H16FN3OS. The lowest BCUT2D eigenvalue weighted by atomic mass is 9.90. The third-order valence-corrected chi connectivity index (χ3v) is 5.00. The molecule has 3 rings (SSSR count). The Bertz CT molecular complexity index is 772. The number of aromatic nitrogens is 2. The van der Waals surface area contributed by atoms with Gasteiger partial charge in [0, 0.05) is 23.7 Å². The van der Waals surface area contributed by atoms with Crippen molar-refractivity contribution >= 4 is 18.0 Å². The summed E-state index contributed by atoms with van der Waals surface area (Å²) < 4.78 is 13.7. The van der Waals surface area contributed by atoms with E-state index in [4.69, 9.17) is 5.41 Å². The van der Waals surface area contributed by atoms with Crippen LogP contribution in [0.3, 0.4) is 0 Å². The number of halogens is 1. The summed E-state index contributed by atoms with van der Waals surface area (Å²) in [4.78, 5) is 18.7. The van der Waals surface area contributed by atoms with E-state index < -0.39 is 0 Å². The van der Waals surface area contributed by atoms with Gasteiger partial charge in [-0.2, -0.15) is 0 Å². The Morgan fingerprint density at radius 2 is 2.14 bits per heavy atom. The molecule has 0 bridgehead atoms. The van der Waals surface area contributed by atoms with Crippen LogP contribution >= 0.6 is 11.8 Å². The highest BCUT2D eigenvalue weighted by Gasteiger charge is 2.19. The average Bonchev–Trinajstić information content (AvgIpc) is 2.54. The van der Waals surface area contributed by atoms with Crippen molar-refractivity contribution in [2.75, 3.05) is 0 Å². The number of nitrogens with one attached hydrogen (secondary N) is 2. The molecule has 0 radical (unpaired) electrons. The molecule has 2 aromatic heterocycles. The van der Waals surface area contributed by atoms with Gasteiger partial charge in [-0.25, -0.2) is 4.39 Å². The fraction of sp³-hybridized carbons (Fsp3) is 0.312. The minimum Gasteiger partial charge on any atom is -0.316 e. The van der Waals surface area contributed by atoms with Gasteiger partial charge in [0.05, 0.1) is 16.8 Å². The van der Waals surface area contributed by atoms with E-state index in [1.165, 1.54) is 18.0 Å². The summed E-state index contributed by atoms with van der Waals surface area (Å²) in [5.41, 5.74) is 2.91. The average molecular weight is 317 g/mol. The number of H-pyrrole nitrogens is 1. The summed E-state index contributed by atoms with van der Waals surface area (Å²) in [5.74, 6) is 0.114. The summed E-state index contributed by atoms with van der Waals surface area (Å²) in [6.07, 6.45) is 7.75. The van der Waals surface area contributed by atoms with Gasteiger partial charge in [-0.15, -0.1) is 11.8 Å². The first-order valence-electron chi connectivity index (χ1n) is 7.20. The molecule has 1 aliphatic carbocycles. The van der Waals surface area contributed by atoms with E-state index >= 15 is 0 Å². The molecular weight excluding hydrogens is 301 g/mol. The fourth-order valence-corrected chi connectivity index (χ4v) is 3.88. The van der Waals surface area contributed by atoms with Crippen molar-refractivity contribution in [1.82, 2.24) is 9.97 Å². The minimum absolute atomic E-state index is 0.228. The topological polar surface area (TPSA) is 69.6 Å². The number of hydrogen-bond acceptors (Lipinski definition) is 4. The molecule has 2 heterocycles. The first kappa shape index (κ1) is 15.0. The number of fused-ring (bicyclic) bond motifs is 1. The van der Waals surface area contributed by atoms with Crippen molar-refractivity contribution in [3.63, 3.8) is 0 Å². The van der Waals surface area contributed by atoms with Crippen molar-refractivity contribution in [1.29, 1.82) is 5.41 Å². The van der Waals surface area contributed by atoms with Gasteiger partial charge in [-0.3, -0.25) is 9.78 Å². The molecule has 0 fully saturated rings. The highest BCUT2D eigenvalue weighted by atomic mass is 32.2. The summed E-state index contributed by atoms with van der Waals surface area (Å²) in [6, 6.07) is 1.65. The summed E-state index contributed by atoms with van der Waals surface area (Å²) >= 11 is 1.44. The molecule has 1 aliphatic rings. The molecule has 0 saturated heterocycles. The van der Waals surface area contributed by atoms with E-state index in [0.717, 1.165) is 48.1 Å². The van der Waals surface area contributed by atoms with E-state index in [1.54, 1.807) is 12.3 Å². The van der Waals surface area contributed by atoms with Crippen LogP contribution in [0.25, 0.3) is 0 Å². The molecule has 0 aliphatic heterocycles. The Hall–Kier alpha value is -1.95. The number of nitrogens with zero attached hydrogens (tertiary/aromatic N) is 1. The molecule has 0 aromatic carbocycles. The molecule has 22 heavy (non-hydrogen) atoms. The quantitative estimate of drug-likeness (QED) is 0.672. The summed E-state index contributed by atoms with van der Waals surface area (Å²) in [6.45, 7) is 0. The Balaban J connectivity index is 1.94. The largest absolute Gasteiger partial charge is 0.316 e. The maximum atomic E-state index is 13.7. The normalized spacial score (nSPS) is 13.7. The lowest BCUT2D eigenvalue weighted by Crippen LogP contribution is -2.21. The second-order valence-electron chi connectivity index (χ2n) is 5.26. The number of hydrogen-bond donors (Lipinski definition) is 2. The fourth-order valence-electron chi connectivity index (χ4n) is 2.78. The molecule has 0 atom stereocenters. The second kappa shape index (κ2) is 6.44. The zero-order valence-corrected chi connectivity index (χ0v) is 12.8. The van der Waals surface area contributed by atoms with E-state index in [2.05, 4.69) is 9.97 Å². The van der Waals surface area contributed by atoms with Gasteiger partial charge in [0.1, 0.15) is 5.82 Å². The zero-order chi connectivity index (χ0) is 15.5. The van der Waals surface area contributed by atoms with Gasteiger partial charge >= 0.3 is 0 Å².